The molecule has 2 rings (SSSR count). The molecule has 0 bridgehead atoms. The number of carbonyl (C=O) groups excluding carboxylic acids is 1. The van der Waals surface area contributed by atoms with Gasteiger partial charge >= 0.3 is 0 Å². The molecule has 112 valence electrons. The van der Waals surface area contributed by atoms with Gasteiger partial charge < -0.3 is 10.6 Å². The van der Waals surface area contributed by atoms with Gasteiger partial charge in [-0.05, 0) is 37.1 Å². The summed E-state index contributed by atoms with van der Waals surface area (Å²) in [4.78, 5) is 17.6. The van der Waals surface area contributed by atoms with Crippen LogP contribution in [0.5, 0.6) is 0 Å². The van der Waals surface area contributed by atoms with Gasteiger partial charge in [-0.1, -0.05) is 18.5 Å². The molecule has 0 radical (unpaired) electrons. The minimum absolute atomic E-state index is 0.107. The van der Waals surface area contributed by atoms with Crippen LogP contribution < -0.4 is 10.6 Å². The molecule has 2 aromatic rings. The van der Waals surface area contributed by atoms with Crippen molar-refractivity contribution in [3.63, 3.8) is 0 Å². The van der Waals surface area contributed by atoms with Crippen LogP contribution in [0.4, 0.5) is 5.82 Å². The monoisotopic (exact) mass is 323 g/mol. The smallest absolute Gasteiger partial charge is 0.255 e. The Morgan fingerprint density at radius 2 is 2.19 bits per heavy atom. The maximum absolute atomic E-state index is 12.2. The van der Waals surface area contributed by atoms with E-state index in [0.717, 1.165) is 28.6 Å². The van der Waals surface area contributed by atoms with E-state index in [0.29, 0.717) is 17.9 Å². The molecule has 4 nitrogen and oxygen atoms in total. The van der Waals surface area contributed by atoms with Crippen LogP contribution in [-0.4, -0.2) is 24.0 Å². The highest BCUT2D eigenvalue weighted by Gasteiger charge is 2.11. The standard InChI is InChI=1S/C15H18ClN3OS/c1-2-8-17-14-12(4-3-9-18-14)15(20)19-10-7-11-5-6-13(16)21-11/h3-6,9H,2,7-8,10H2,1H3,(H,17,18)(H,19,20). The number of pyridine rings is 1. The topological polar surface area (TPSA) is 54.0 Å². The van der Waals surface area contributed by atoms with Crippen molar-refractivity contribution in [2.45, 2.75) is 19.8 Å². The first-order chi connectivity index (χ1) is 10.2. The highest BCUT2D eigenvalue weighted by Crippen LogP contribution is 2.21. The fourth-order valence-electron chi connectivity index (χ4n) is 1.85. The molecule has 0 aliphatic rings. The molecule has 0 unspecified atom stereocenters. The molecule has 2 aromatic heterocycles. The van der Waals surface area contributed by atoms with E-state index >= 15 is 0 Å². The Morgan fingerprint density at radius 1 is 1.33 bits per heavy atom. The molecular weight excluding hydrogens is 306 g/mol. The zero-order valence-electron chi connectivity index (χ0n) is 11.9. The number of hydrogen-bond acceptors (Lipinski definition) is 4. The van der Waals surface area contributed by atoms with Gasteiger partial charge in [0.05, 0.1) is 9.90 Å². The van der Waals surface area contributed by atoms with E-state index in [1.165, 1.54) is 11.3 Å². The number of nitrogens with zero attached hydrogens (tertiary/aromatic N) is 1. The third kappa shape index (κ3) is 4.72. The van der Waals surface area contributed by atoms with Gasteiger partial charge in [-0.25, -0.2) is 4.98 Å². The summed E-state index contributed by atoms with van der Waals surface area (Å²) in [5.41, 5.74) is 0.579. The van der Waals surface area contributed by atoms with Crippen LogP contribution in [0.1, 0.15) is 28.6 Å². The quantitative estimate of drug-likeness (QED) is 0.818. The van der Waals surface area contributed by atoms with Crippen molar-refractivity contribution in [1.82, 2.24) is 10.3 Å². The predicted octanol–water partition coefficient (Wildman–Crippen LogP) is 3.59. The summed E-state index contributed by atoms with van der Waals surface area (Å²) in [7, 11) is 0. The van der Waals surface area contributed by atoms with Gasteiger partial charge in [0.2, 0.25) is 0 Å². The minimum atomic E-state index is -0.107. The third-order valence-corrected chi connectivity index (χ3v) is 4.17. The molecule has 6 heteroatoms. The molecule has 2 heterocycles. The van der Waals surface area contributed by atoms with E-state index in [1.54, 1.807) is 18.3 Å². The van der Waals surface area contributed by atoms with E-state index in [1.807, 2.05) is 12.1 Å². The second kappa shape index (κ2) is 8.00. The van der Waals surface area contributed by atoms with Gasteiger partial charge in [0.15, 0.2) is 0 Å². The zero-order chi connectivity index (χ0) is 15.1. The van der Waals surface area contributed by atoms with Crippen LogP contribution in [0.3, 0.4) is 0 Å². The van der Waals surface area contributed by atoms with E-state index in [-0.39, 0.29) is 5.91 Å². The number of hydrogen-bond donors (Lipinski definition) is 2. The zero-order valence-corrected chi connectivity index (χ0v) is 13.4. The first kappa shape index (κ1) is 15.8. The van der Waals surface area contributed by atoms with Gasteiger partial charge in [0.1, 0.15) is 5.82 Å². The summed E-state index contributed by atoms with van der Waals surface area (Å²) in [6, 6.07) is 7.40. The molecular formula is C15H18ClN3OS. The van der Waals surface area contributed by atoms with Crippen molar-refractivity contribution in [2.24, 2.45) is 0 Å². The van der Waals surface area contributed by atoms with Crippen molar-refractivity contribution in [3.05, 3.63) is 45.2 Å². The van der Waals surface area contributed by atoms with Crippen molar-refractivity contribution in [2.75, 3.05) is 18.4 Å². The molecule has 0 aromatic carbocycles. The number of anilines is 1. The van der Waals surface area contributed by atoms with Crippen molar-refractivity contribution >= 4 is 34.7 Å². The highest BCUT2D eigenvalue weighted by molar-refractivity contribution is 7.16. The molecule has 0 atom stereocenters. The lowest BCUT2D eigenvalue weighted by Gasteiger charge is -2.10. The second-order valence-corrected chi connectivity index (χ2v) is 6.34. The molecule has 0 saturated heterocycles. The molecule has 1 amide bonds. The average Bonchev–Trinajstić information content (AvgIpc) is 2.91. The maximum atomic E-state index is 12.2. The van der Waals surface area contributed by atoms with Crippen LogP contribution in [0, 0.1) is 0 Å². The summed E-state index contributed by atoms with van der Waals surface area (Å²) >= 11 is 7.42. The van der Waals surface area contributed by atoms with Crippen LogP contribution >= 0.6 is 22.9 Å². The van der Waals surface area contributed by atoms with Crippen LogP contribution in [0.25, 0.3) is 0 Å². The van der Waals surface area contributed by atoms with Gasteiger partial charge in [0.25, 0.3) is 5.91 Å². The molecule has 2 N–H and O–H groups in total. The molecule has 0 saturated carbocycles. The predicted molar refractivity (Wildman–Crippen MR) is 88.4 cm³/mol. The molecule has 0 aliphatic carbocycles. The summed E-state index contributed by atoms with van der Waals surface area (Å²) in [5, 5.41) is 6.09. The number of halogens is 1. The lowest BCUT2D eigenvalue weighted by Crippen LogP contribution is -2.26. The summed E-state index contributed by atoms with van der Waals surface area (Å²) in [6.45, 7) is 3.45. The summed E-state index contributed by atoms with van der Waals surface area (Å²) in [5.74, 6) is 0.528. The number of thiophene rings is 1. The SMILES string of the molecule is CCCNc1ncccc1C(=O)NCCc1ccc(Cl)s1. The Labute approximate surface area is 133 Å². The Kier molecular flexibility index (Phi) is 6.02. The van der Waals surface area contributed by atoms with Gasteiger partial charge in [0, 0.05) is 24.2 Å². The van der Waals surface area contributed by atoms with E-state index in [9.17, 15) is 4.79 Å². The van der Waals surface area contributed by atoms with Crippen molar-refractivity contribution in [3.8, 4) is 0 Å². The molecule has 0 fully saturated rings. The summed E-state index contributed by atoms with van der Waals surface area (Å²) < 4.78 is 0.773. The Morgan fingerprint density at radius 3 is 2.90 bits per heavy atom. The Balaban J connectivity index is 1.90. The van der Waals surface area contributed by atoms with Crippen molar-refractivity contribution in [1.29, 1.82) is 0 Å². The Hall–Kier alpha value is -1.59. The number of aromatic nitrogens is 1. The van der Waals surface area contributed by atoms with Gasteiger partial charge in [-0.3, -0.25) is 4.79 Å². The fourth-order valence-corrected chi connectivity index (χ4v) is 2.94. The van der Waals surface area contributed by atoms with Crippen LogP contribution in [0.2, 0.25) is 4.34 Å². The highest BCUT2D eigenvalue weighted by atomic mass is 35.5. The second-order valence-electron chi connectivity index (χ2n) is 4.54. The lowest BCUT2D eigenvalue weighted by molar-refractivity contribution is 0.0954. The third-order valence-electron chi connectivity index (χ3n) is 2.88. The van der Waals surface area contributed by atoms with Crippen molar-refractivity contribution < 1.29 is 4.79 Å². The van der Waals surface area contributed by atoms with Gasteiger partial charge in [-0.15, -0.1) is 11.3 Å². The number of carbonyl (C=O) groups is 1. The number of amides is 1. The van der Waals surface area contributed by atoms with E-state index < -0.39 is 0 Å². The van der Waals surface area contributed by atoms with E-state index in [4.69, 9.17) is 11.6 Å². The van der Waals surface area contributed by atoms with E-state index in [2.05, 4.69) is 22.5 Å². The van der Waals surface area contributed by atoms with Gasteiger partial charge in [-0.2, -0.15) is 0 Å². The first-order valence-electron chi connectivity index (χ1n) is 6.92. The lowest BCUT2D eigenvalue weighted by atomic mass is 10.2. The largest absolute Gasteiger partial charge is 0.369 e. The molecule has 21 heavy (non-hydrogen) atoms. The van der Waals surface area contributed by atoms with Crippen LogP contribution in [0.15, 0.2) is 30.5 Å². The average molecular weight is 324 g/mol. The minimum Gasteiger partial charge on any atom is -0.369 e. The Bertz CT molecular complexity index is 600. The fraction of sp³-hybridized carbons (Fsp3) is 0.333. The first-order valence-corrected chi connectivity index (χ1v) is 8.11. The summed E-state index contributed by atoms with van der Waals surface area (Å²) in [6.07, 6.45) is 3.44. The number of rotatable bonds is 7. The number of nitrogens with one attached hydrogen (secondary N) is 2. The van der Waals surface area contributed by atoms with Crippen LogP contribution in [-0.2, 0) is 6.42 Å². The maximum Gasteiger partial charge on any atom is 0.255 e. The normalized spacial score (nSPS) is 10.4. The molecule has 0 spiro atoms. The molecule has 0 aliphatic heterocycles.